The summed E-state index contributed by atoms with van der Waals surface area (Å²) in [5.74, 6) is -0.987. The molecule has 0 bridgehead atoms. The lowest BCUT2D eigenvalue weighted by atomic mass is 10.2. The first kappa shape index (κ1) is 15.5. The number of amides is 2. The minimum absolute atomic E-state index is 0.0951. The molecule has 0 aliphatic carbocycles. The van der Waals surface area contributed by atoms with E-state index in [1.165, 1.54) is 12.1 Å². The molecule has 1 aliphatic rings. The minimum Gasteiger partial charge on any atom is -0.454 e. The smallest absolute Gasteiger partial charge is 0.338 e. The predicted molar refractivity (Wildman–Crippen MR) is 81.8 cm³/mol. The van der Waals surface area contributed by atoms with Crippen LogP contribution >= 0.6 is 0 Å². The number of hydrogen-bond acceptors (Lipinski definition) is 6. The highest BCUT2D eigenvalue weighted by atomic mass is 16.7. The second-order valence-corrected chi connectivity index (χ2v) is 4.89. The zero-order valence-corrected chi connectivity index (χ0v) is 12.5. The van der Waals surface area contributed by atoms with Crippen molar-refractivity contribution >= 4 is 17.8 Å². The van der Waals surface area contributed by atoms with Crippen molar-refractivity contribution < 1.29 is 28.6 Å². The van der Waals surface area contributed by atoms with Crippen LogP contribution in [0.15, 0.2) is 48.5 Å². The first-order valence-corrected chi connectivity index (χ1v) is 7.09. The van der Waals surface area contributed by atoms with Crippen LogP contribution in [0.25, 0.3) is 0 Å². The maximum Gasteiger partial charge on any atom is 0.338 e. The van der Waals surface area contributed by atoms with Gasteiger partial charge in [0.05, 0.1) is 5.56 Å². The van der Waals surface area contributed by atoms with Crippen molar-refractivity contribution in [3.8, 4) is 11.5 Å². The molecule has 0 saturated heterocycles. The average molecular weight is 327 g/mol. The molecule has 7 nitrogen and oxygen atoms in total. The summed E-state index contributed by atoms with van der Waals surface area (Å²) in [5, 5.41) is 2.14. The van der Waals surface area contributed by atoms with Crippen LogP contribution in [0.4, 0.5) is 0 Å². The average Bonchev–Trinajstić information content (AvgIpc) is 3.08. The van der Waals surface area contributed by atoms with Crippen molar-refractivity contribution in [2.24, 2.45) is 0 Å². The molecule has 2 aromatic carbocycles. The number of fused-ring (bicyclic) bond motifs is 1. The van der Waals surface area contributed by atoms with Crippen molar-refractivity contribution in [1.29, 1.82) is 0 Å². The fraction of sp³-hybridized carbons (Fsp3) is 0.118. The lowest BCUT2D eigenvalue weighted by Gasteiger charge is -2.06. The molecular weight excluding hydrogens is 314 g/mol. The molecular formula is C17H13NO6. The minimum atomic E-state index is -0.710. The van der Waals surface area contributed by atoms with Crippen LogP contribution in [-0.4, -0.2) is 31.2 Å². The van der Waals surface area contributed by atoms with Gasteiger partial charge in [0.2, 0.25) is 6.79 Å². The molecule has 122 valence electrons. The molecule has 2 aromatic rings. The van der Waals surface area contributed by atoms with Crippen LogP contribution in [0.5, 0.6) is 11.5 Å². The van der Waals surface area contributed by atoms with Crippen LogP contribution in [0.1, 0.15) is 20.7 Å². The van der Waals surface area contributed by atoms with Gasteiger partial charge in [-0.25, -0.2) is 4.79 Å². The van der Waals surface area contributed by atoms with Crippen molar-refractivity contribution in [1.82, 2.24) is 5.32 Å². The Labute approximate surface area is 137 Å². The third-order valence-electron chi connectivity index (χ3n) is 3.23. The molecule has 1 N–H and O–H groups in total. The van der Waals surface area contributed by atoms with Crippen LogP contribution in [-0.2, 0) is 9.53 Å². The molecule has 0 radical (unpaired) electrons. The molecule has 1 heterocycles. The van der Waals surface area contributed by atoms with Gasteiger partial charge in [0.25, 0.3) is 11.8 Å². The summed E-state index contributed by atoms with van der Waals surface area (Å²) in [7, 11) is 0. The number of ether oxygens (including phenoxy) is 3. The number of hydrogen-bond donors (Lipinski definition) is 1. The Kier molecular flexibility index (Phi) is 4.42. The summed E-state index contributed by atoms with van der Waals surface area (Å²) < 4.78 is 15.2. The molecule has 0 fully saturated rings. The molecule has 1 aliphatic heterocycles. The molecule has 24 heavy (non-hydrogen) atoms. The van der Waals surface area contributed by atoms with E-state index in [-0.39, 0.29) is 12.4 Å². The number of esters is 1. The Balaban J connectivity index is 1.52. The highest BCUT2D eigenvalue weighted by Crippen LogP contribution is 2.32. The van der Waals surface area contributed by atoms with Crippen LogP contribution in [0.2, 0.25) is 0 Å². The summed E-state index contributed by atoms with van der Waals surface area (Å²) >= 11 is 0. The first-order chi connectivity index (χ1) is 11.6. The highest BCUT2D eigenvalue weighted by molar-refractivity contribution is 6.05. The van der Waals surface area contributed by atoms with Gasteiger partial charge >= 0.3 is 5.97 Å². The topological polar surface area (TPSA) is 90.9 Å². The molecule has 0 aromatic heterocycles. The number of imide groups is 1. The molecule has 2 amide bonds. The monoisotopic (exact) mass is 327 g/mol. The number of carbonyl (C=O) groups excluding carboxylic acids is 3. The van der Waals surface area contributed by atoms with Crippen molar-refractivity contribution in [3.05, 3.63) is 59.7 Å². The predicted octanol–water partition coefficient (Wildman–Crippen LogP) is 1.53. The van der Waals surface area contributed by atoms with Crippen LogP contribution < -0.4 is 14.8 Å². The van der Waals surface area contributed by atoms with E-state index in [9.17, 15) is 14.4 Å². The van der Waals surface area contributed by atoms with Gasteiger partial charge in [-0.1, -0.05) is 18.2 Å². The van der Waals surface area contributed by atoms with Gasteiger partial charge in [0, 0.05) is 5.56 Å². The molecule has 7 heteroatoms. The normalized spacial score (nSPS) is 11.7. The molecule has 3 rings (SSSR count). The van der Waals surface area contributed by atoms with E-state index in [2.05, 4.69) is 5.32 Å². The van der Waals surface area contributed by atoms with Gasteiger partial charge in [0.15, 0.2) is 18.1 Å². The maximum absolute atomic E-state index is 11.9. The second-order valence-electron chi connectivity index (χ2n) is 4.89. The first-order valence-electron chi connectivity index (χ1n) is 7.09. The third kappa shape index (κ3) is 3.52. The number of carbonyl (C=O) groups is 3. The summed E-state index contributed by atoms with van der Waals surface area (Å²) in [6.07, 6.45) is 0. The van der Waals surface area contributed by atoms with E-state index >= 15 is 0 Å². The van der Waals surface area contributed by atoms with Crippen molar-refractivity contribution in [2.75, 3.05) is 13.4 Å². The van der Waals surface area contributed by atoms with Crippen LogP contribution in [0.3, 0.4) is 0 Å². The summed E-state index contributed by atoms with van der Waals surface area (Å²) in [6, 6.07) is 12.8. The number of nitrogens with one attached hydrogen (secondary N) is 1. The molecule has 0 atom stereocenters. The van der Waals surface area contributed by atoms with E-state index in [4.69, 9.17) is 14.2 Å². The molecule has 0 unspecified atom stereocenters. The molecule has 0 spiro atoms. The van der Waals surface area contributed by atoms with Crippen molar-refractivity contribution in [2.45, 2.75) is 0 Å². The number of benzene rings is 2. The third-order valence-corrected chi connectivity index (χ3v) is 3.23. The van der Waals surface area contributed by atoms with E-state index in [0.717, 1.165) is 0 Å². The quantitative estimate of drug-likeness (QED) is 0.856. The second kappa shape index (κ2) is 6.82. The Hall–Kier alpha value is -3.35. The standard InChI is InChI=1S/C17H13NO6/c19-15(18-16(20)11-4-2-1-3-5-11)9-22-17(21)12-6-7-13-14(8-12)24-10-23-13/h1-8H,9-10H2,(H,18,19,20). The summed E-state index contributed by atoms with van der Waals surface area (Å²) in [4.78, 5) is 35.4. The fourth-order valence-electron chi connectivity index (χ4n) is 2.06. The fourth-order valence-corrected chi connectivity index (χ4v) is 2.06. The Morgan fingerprint density at radius 3 is 2.50 bits per heavy atom. The van der Waals surface area contributed by atoms with Crippen LogP contribution in [0, 0.1) is 0 Å². The van der Waals surface area contributed by atoms with E-state index in [1.54, 1.807) is 36.4 Å². The van der Waals surface area contributed by atoms with E-state index in [0.29, 0.717) is 17.1 Å². The highest BCUT2D eigenvalue weighted by Gasteiger charge is 2.18. The zero-order chi connectivity index (χ0) is 16.9. The van der Waals surface area contributed by atoms with Gasteiger partial charge in [-0.05, 0) is 30.3 Å². The summed E-state index contributed by atoms with van der Waals surface area (Å²) in [5.41, 5.74) is 0.564. The lowest BCUT2D eigenvalue weighted by Crippen LogP contribution is -2.34. The van der Waals surface area contributed by atoms with Gasteiger partial charge in [-0.3, -0.25) is 14.9 Å². The lowest BCUT2D eigenvalue weighted by molar-refractivity contribution is -0.123. The Morgan fingerprint density at radius 1 is 0.958 bits per heavy atom. The van der Waals surface area contributed by atoms with Gasteiger partial charge < -0.3 is 14.2 Å². The Bertz CT molecular complexity index is 787. The molecule has 0 saturated carbocycles. The van der Waals surface area contributed by atoms with E-state index in [1.807, 2.05) is 0 Å². The maximum atomic E-state index is 11.9. The summed E-state index contributed by atoms with van der Waals surface area (Å²) in [6.45, 7) is -0.469. The Morgan fingerprint density at radius 2 is 1.71 bits per heavy atom. The number of rotatable bonds is 4. The van der Waals surface area contributed by atoms with Gasteiger partial charge in [-0.2, -0.15) is 0 Å². The van der Waals surface area contributed by atoms with E-state index < -0.39 is 24.4 Å². The van der Waals surface area contributed by atoms with Gasteiger partial charge in [0.1, 0.15) is 0 Å². The zero-order valence-electron chi connectivity index (χ0n) is 12.5. The van der Waals surface area contributed by atoms with Gasteiger partial charge in [-0.15, -0.1) is 0 Å². The SMILES string of the molecule is O=C(COC(=O)c1ccc2c(c1)OCO2)NC(=O)c1ccccc1. The largest absolute Gasteiger partial charge is 0.454 e. The van der Waals surface area contributed by atoms with Crippen molar-refractivity contribution in [3.63, 3.8) is 0 Å².